The van der Waals surface area contributed by atoms with Crippen LogP contribution in [0, 0.1) is 0 Å². The number of rotatable bonds is 4. The van der Waals surface area contributed by atoms with Crippen molar-refractivity contribution in [3.63, 3.8) is 0 Å². The van der Waals surface area contributed by atoms with E-state index in [4.69, 9.17) is 9.97 Å². The number of nitrogens with zero attached hydrogens (tertiary/aromatic N) is 3. The van der Waals surface area contributed by atoms with Gasteiger partial charge >= 0.3 is 0 Å². The van der Waals surface area contributed by atoms with E-state index in [1.54, 1.807) is 0 Å². The van der Waals surface area contributed by atoms with E-state index in [9.17, 15) is 0 Å². The lowest BCUT2D eigenvalue weighted by Gasteiger charge is -2.15. The van der Waals surface area contributed by atoms with Gasteiger partial charge in [-0.3, -0.25) is 0 Å². The first-order chi connectivity index (χ1) is 24.3. The Bertz CT molecular complexity index is 2870. The van der Waals surface area contributed by atoms with Crippen LogP contribution < -0.4 is 0 Å². The van der Waals surface area contributed by atoms with Crippen LogP contribution in [0.25, 0.3) is 93.7 Å². The van der Waals surface area contributed by atoms with Gasteiger partial charge in [0.25, 0.3) is 0 Å². The van der Waals surface area contributed by atoms with Crippen molar-refractivity contribution in [3.05, 3.63) is 176 Å². The van der Waals surface area contributed by atoms with Gasteiger partial charge in [-0.15, -0.1) is 0 Å². The molecule has 228 valence electrons. The fraction of sp³-hybridized carbons (Fsp3) is 0. The number of hydrogen-bond acceptors (Lipinski definition) is 2. The molecule has 0 amide bonds. The Hall–Kier alpha value is -6.58. The van der Waals surface area contributed by atoms with E-state index in [2.05, 4.69) is 174 Å². The van der Waals surface area contributed by atoms with Gasteiger partial charge in [-0.2, -0.15) is 0 Å². The molecule has 0 aliphatic carbocycles. The normalized spacial score (nSPS) is 11.7. The molecule has 3 nitrogen and oxygen atoms in total. The highest BCUT2D eigenvalue weighted by molar-refractivity contribution is 6.19. The van der Waals surface area contributed by atoms with Gasteiger partial charge in [-0.25, -0.2) is 9.97 Å². The highest BCUT2D eigenvalue weighted by Crippen LogP contribution is 2.40. The van der Waals surface area contributed by atoms with E-state index < -0.39 is 0 Å². The third-order valence-electron chi connectivity index (χ3n) is 9.77. The molecule has 0 N–H and O–H groups in total. The zero-order valence-corrected chi connectivity index (χ0v) is 26.6. The smallest absolute Gasteiger partial charge is 0.161 e. The Morgan fingerprint density at radius 3 is 1.78 bits per heavy atom. The van der Waals surface area contributed by atoms with Crippen LogP contribution in [0.5, 0.6) is 0 Å². The Morgan fingerprint density at radius 2 is 0.959 bits per heavy atom. The second kappa shape index (κ2) is 11.0. The molecule has 3 heteroatoms. The zero-order valence-electron chi connectivity index (χ0n) is 26.6. The van der Waals surface area contributed by atoms with Crippen molar-refractivity contribution in [2.45, 2.75) is 0 Å². The zero-order chi connectivity index (χ0) is 32.3. The molecule has 0 atom stereocenters. The van der Waals surface area contributed by atoms with Crippen molar-refractivity contribution >= 4 is 54.1 Å². The monoisotopic (exact) mass is 623 g/mol. The topological polar surface area (TPSA) is 30.7 Å². The number of fused-ring (bicyclic) bond motifs is 7. The van der Waals surface area contributed by atoms with Crippen LogP contribution in [0.15, 0.2) is 176 Å². The van der Waals surface area contributed by atoms with Crippen LogP contribution in [-0.4, -0.2) is 14.5 Å². The second-order valence-electron chi connectivity index (χ2n) is 12.6. The van der Waals surface area contributed by atoms with E-state index in [0.717, 1.165) is 55.9 Å². The SMILES string of the molecule is c1ccc(-c2cc(-c3ccc4c5ccccc5n(-c5ccccc5)c4c3)nc(-c3c4ccccc4cc4c3ccc3ccccc34)n2)cc1. The van der Waals surface area contributed by atoms with E-state index in [-0.39, 0.29) is 0 Å². The lowest BCUT2D eigenvalue weighted by molar-refractivity contribution is 1.17. The standard InChI is InChI=1S/C46H29N3/c1-3-14-31(15-4-1)41-29-42(33-24-25-38-37-21-11-12-22-43(37)49(44(38)28-33)34-17-5-2-6-18-34)48-46(47-41)45-36-20-10-8-16-32(36)27-40-35-19-9-7-13-30(35)23-26-39(40)45/h1-29H. The van der Waals surface area contributed by atoms with Gasteiger partial charge in [0, 0.05) is 33.2 Å². The predicted molar refractivity (Wildman–Crippen MR) is 205 cm³/mol. The van der Waals surface area contributed by atoms with Crippen molar-refractivity contribution in [3.8, 4) is 39.6 Å². The number of benzene rings is 8. The first-order valence-corrected chi connectivity index (χ1v) is 16.7. The maximum atomic E-state index is 5.42. The van der Waals surface area contributed by atoms with Crippen molar-refractivity contribution in [1.82, 2.24) is 14.5 Å². The van der Waals surface area contributed by atoms with Crippen molar-refractivity contribution < 1.29 is 0 Å². The van der Waals surface area contributed by atoms with Gasteiger partial charge < -0.3 is 4.57 Å². The maximum absolute atomic E-state index is 5.42. The van der Waals surface area contributed by atoms with Crippen LogP contribution in [0.4, 0.5) is 0 Å². The highest BCUT2D eigenvalue weighted by atomic mass is 15.0. The van der Waals surface area contributed by atoms with Gasteiger partial charge in [0.05, 0.1) is 22.4 Å². The summed E-state index contributed by atoms with van der Waals surface area (Å²) in [6.07, 6.45) is 0. The molecule has 8 aromatic carbocycles. The lowest BCUT2D eigenvalue weighted by atomic mass is 9.92. The summed E-state index contributed by atoms with van der Waals surface area (Å²) < 4.78 is 2.36. The van der Waals surface area contributed by atoms with Crippen LogP contribution in [-0.2, 0) is 0 Å². The summed E-state index contributed by atoms with van der Waals surface area (Å²) in [6, 6.07) is 62.5. The summed E-state index contributed by atoms with van der Waals surface area (Å²) in [4.78, 5) is 10.7. The Kier molecular flexibility index (Phi) is 6.18. The number of aromatic nitrogens is 3. The van der Waals surface area contributed by atoms with Crippen LogP contribution in [0.3, 0.4) is 0 Å². The average Bonchev–Trinajstić information content (AvgIpc) is 3.51. The molecule has 0 fully saturated rings. The lowest BCUT2D eigenvalue weighted by Crippen LogP contribution is -1.98. The van der Waals surface area contributed by atoms with Crippen molar-refractivity contribution in [2.75, 3.05) is 0 Å². The quantitative estimate of drug-likeness (QED) is 0.144. The predicted octanol–water partition coefficient (Wildman–Crippen LogP) is 12.0. The van der Waals surface area contributed by atoms with Crippen LogP contribution >= 0.6 is 0 Å². The van der Waals surface area contributed by atoms with Crippen molar-refractivity contribution in [1.29, 1.82) is 0 Å². The highest BCUT2D eigenvalue weighted by Gasteiger charge is 2.19. The van der Waals surface area contributed by atoms with Gasteiger partial charge in [-0.1, -0.05) is 140 Å². The van der Waals surface area contributed by atoms with Crippen LogP contribution in [0.1, 0.15) is 0 Å². The van der Waals surface area contributed by atoms with Gasteiger partial charge in [0.2, 0.25) is 0 Å². The summed E-state index contributed by atoms with van der Waals surface area (Å²) in [5.74, 6) is 0.720. The van der Waals surface area contributed by atoms with E-state index in [1.165, 1.54) is 37.8 Å². The molecule has 0 unspecified atom stereocenters. The van der Waals surface area contributed by atoms with Crippen molar-refractivity contribution in [2.24, 2.45) is 0 Å². The minimum atomic E-state index is 0.720. The largest absolute Gasteiger partial charge is 0.309 e. The third kappa shape index (κ3) is 4.44. The molecule has 10 rings (SSSR count). The fourth-order valence-electron chi connectivity index (χ4n) is 7.51. The second-order valence-corrected chi connectivity index (χ2v) is 12.6. The Morgan fingerprint density at radius 1 is 0.347 bits per heavy atom. The van der Waals surface area contributed by atoms with Crippen LogP contribution in [0.2, 0.25) is 0 Å². The summed E-state index contributed by atoms with van der Waals surface area (Å²) in [6.45, 7) is 0. The first-order valence-electron chi connectivity index (χ1n) is 16.7. The molecule has 0 radical (unpaired) electrons. The summed E-state index contributed by atoms with van der Waals surface area (Å²) >= 11 is 0. The Balaban J connectivity index is 1.28. The molecule has 0 bridgehead atoms. The molecule has 2 heterocycles. The maximum Gasteiger partial charge on any atom is 0.161 e. The minimum Gasteiger partial charge on any atom is -0.309 e. The number of hydrogen-bond donors (Lipinski definition) is 0. The van der Waals surface area contributed by atoms with Gasteiger partial charge in [-0.05, 0) is 68.7 Å². The minimum absolute atomic E-state index is 0.720. The first kappa shape index (κ1) is 27.5. The summed E-state index contributed by atoms with van der Waals surface area (Å²) in [5, 5.41) is 9.56. The van der Waals surface area contributed by atoms with E-state index >= 15 is 0 Å². The summed E-state index contributed by atoms with van der Waals surface area (Å²) in [5.41, 5.74) is 8.40. The molecule has 0 saturated carbocycles. The molecule has 2 aromatic heterocycles. The molecular formula is C46H29N3. The molecule has 0 saturated heterocycles. The molecular weight excluding hydrogens is 595 g/mol. The molecule has 10 aromatic rings. The molecule has 0 aliphatic heterocycles. The molecule has 0 aliphatic rings. The molecule has 0 spiro atoms. The third-order valence-corrected chi connectivity index (χ3v) is 9.77. The Labute approximate surface area is 283 Å². The number of para-hydroxylation sites is 2. The molecule has 49 heavy (non-hydrogen) atoms. The summed E-state index contributed by atoms with van der Waals surface area (Å²) in [7, 11) is 0. The van der Waals surface area contributed by atoms with Gasteiger partial charge in [0.15, 0.2) is 5.82 Å². The van der Waals surface area contributed by atoms with E-state index in [1.807, 2.05) is 6.07 Å². The average molecular weight is 624 g/mol. The van der Waals surface area contributed by atoms with Gasteiger partial charge in [0.1, 0.15) is 0 Å². The van der Waals surface area contributed by atoms with E-state index in [0.29, 0.717) is 0 Å². The fourth-order valence-corrected chi connectivity index (χ4v) is 7.51.